The zero-order chi connectivity index (χ0) is 19.1. The summed E-state index contributed by atoms with van der Waals surface area (Å²) in [7, 11) is 0. The third kappa shape index (κ3) is 5.13. The maximum Gasteiger partial charge on any atom is 0.179 e. The molecule has 27 heavy (non-hydrogen) atoms. The van der Waals surface area contributed by atoms with E-state index in [2.05, 4.69) is 0 Å². The monoisotopic (exact) mass is 359 g/mol. The number of Topliss-reactive ketones (excluding diaryl/α,β-unsaturated/α-hetero) is 1. The fraction of sp³-hybridized carbons (Fsp3) is 0.208. The Morgan fingerprint density at radius 3 is 1.96 bits per heavy atom. The SMILES string of the molecule is CC(C(=O)c1ccccc1)N(Cc1ccccc1)CC(O)c1ccccc1. The first kappa shape index (κ1) is 19.0. The van der Waals surface area contributed by atoms with Crippen molar-refractivity contribution in [3.63, 3.8) is 0 Å². The molecule has 0 aromatic heterocycles. The van der Waals surface area contributed by atoms with Crippen LogP contribution >= 0.6 is 0 Å². The molecule has 3 aromatic carbocycles. The van der Waals surface area contributed by atoms with Gasteiger partial charge in [-0.25, -0.2) is 0 Å². The van der Waals surface area contributed by atoms with E-state index in [0.29, 0.717) is 18.7 Å². The lowest BCUT2D eigenvalue weighted by Gasteiger charge is -2.30. The van der Waals surface area contributed by atoms with Gasteiger partial charge in [0.15, 0.2) is 5.78 Å². The molecule has 0 fully saturated rings. The van der Waals surface area contributed by atoms with Gasteiger partial charge in [0.1, 0.15) is 0 Å². The summed E-state index contributed by atoms with van der Waals surface area (Å²) in [6.45, 7) is 2.90. The van der Waals surface area contributed by atoms with E-state index in [1.807, 2.05) is 103 Å². The highest BCUT2D eigenvalue weighted by atomic mass is 16.3. The van der Waals surface area contributed by atoms with Gasteiger partial charge >= 0.3 is 0 Å². The summed E-state index contributed by atoms with van der Waals surface area (Å²) in [6, 6.07) is 28.6. The van der Waals surface area contributed by atoms with Gasteiger partial charge in [-0.2, -0.15) is 0 Å². The molecule has 0 heterocycles. The molecular formula is C24H25NO2. The Bertz CT molecular complexity index is 834. The first-order valence-electron chi connectivity index (χ1n) is 9.25. The van der Waals surface area contributed by atoms with E-state index in [4.69, 9.17) is 0 Å². The summed E-state index contributed by atoms with van der Waals surface area (Å²) in [4.78, 5) is 15.0. The third-order valence-corrected chi connectivity index (χ3v) is 4.81. The van der Waals surface area contributed by atoms with Crippen molar-refractivity contribution in [3.8, 4) is 0 Å². The predicted octanol–water partition coefficient (Wildman–Crippen LogP) is 4.49. The second kappa shape index (κ2) is 9.26. The van der Waals surface area contributed by atoms with E-state index >= 15 is 0 Å². The van der Waals surface area contributed by atoms with Crippen molar-refractivity contribution < 1.29 is 9.90 Å². The van der Waals surface area contributed by atoms with Gasteiger partial charge in [0.25, 0.3) is 0 Å². The molecule has 0 aliphatic heterocycles. The summed E-state index contributed by atoms with van der Waals surface area (Å²) >= 11 is 0. The normalized spacial score (nSPS) is 13.3. The van der Waals surface area contributed by atoms with Crippen LogP contribution in [0.15, 0.2) is 91.0 Å². The fourth-order valence-electron chi connectivity index (χ4n) is 3.19. The highest BCUT2D eigenvalue weighted by molar-refractivity contribution is 5.99. The highest BCUT2D eigenvalue weighted by Gasteiger charge is 2.25. The van der Waals surface area contributed by atoms with Crippen molar-refractivity contribution in [1.82, 2.24) is 4.90 Å². The minimum atomic E-state index is -0.652. The van der Waals surface area contributed by atoms with Crippen LogP contribution in [0.25, 0.3) is 0 Å². The molecule has 0 amide bonds. The molecule has 3 rings (SSSR count). The van der Waals surface area contributed by atoms with Crippen LogP contribution in [0.4, 0.5) is 0 Å². The largest absolute Gasteiger partial charge is 0.387 e. The average molecular weight is 359 g/mol. The maximum absolute atomic E-state index is 13.0. The van der Waals surface area contributed by atoms with Gasteiger partial charge in [-0.15, -0.1) is 0 Å². The Morgan fingerprint density at radius 2 is 1.37 bits per heavy atom. The van der Waals surface area contributed by atoms with Crippen LogP contribution in [0.2, 0.25) is 0 Å². The topological polar surface area (TPSA) is 40.5 Å². The molecule has 0 spiro atoms. The molecule has 3 aromatic rings. The summed E-state index contributed by atoms with van der Waals surface area (Å²) in [5.74, 6) is 0.0618. The molecule has 0 radical (unpaired) electrons. The molecule has 2 atom stereocenters. The second-order valence-electron chi connectivity index (χ2n) is 6.75. The molecule has 138 valence electrons. The van der Waals surface area contributed by atoms with E-state index in [-0.39, 0.29) is 11.8 Å². The zero-order valence-corrected chi connectivity index (χ0v) is 15.5. The standard InChI is InChI=1S/C24H25NO2/c1-19(24(27)22-15-9-4-10-16-22)25(17-20-11-5-2-6-12-20)18-23(26)21-13-7-3-8-14-21/h2-16,19,23,26H,17-18H2,1H3. The smallest absolute Gasteiger partial charge is 0.179 e. The Kier molecular flexibility index (Phi) is 6.53. The van der Waals surface area contributed by atoms with Gasteiger partial charge in [-0.3, -0.25) is 9.69 Å². The lowest BCUT2D eigenvalue weighted by molar-refractivity contribution is 0.0657. The molecule has 0 aliphatic carbocycles. The summed E-state index contributed by atoms with van der Waals surface area (Å²) in [5, 5.41) is 10.7. The van der Waals surface area contributed by atoms with E-state index in [1.54, 1.807) is 0 Å². The van der Waals surface area contributed by atoms with Gasteiger partial charge in [0.2, 0.25) is 0 Å². The number of aliphatic hydroxyl groups is 1. The average Bonchev–Trinajstić information content (AvgIpc) is 2.74. The van der Waals surface area contributed by atoms with Crippen LogP contribution in [-0.4, -0.2) is 28.4 Å². The van der Waals surface area contributed by atoms with Gasteiger partial charge < -0.3 is 5.11 Å². The zero-order valence-electron chi connectivity index (χ0n) is 15.5. The van der Waals surface area contributed by atoms with Gasteiger partial charge in [0.05, 0.1) is 12.1 Å². The number of carbonyl (C=O) groups is 1. The number of ketones is 1. The molecule has 0 bridgehead atoms. The Balaban J connectivity index is 1.81. The van der Waals surface area contributed by atoms with Crippen molar-refractivity contribution in [2.24, 2.45) is 0 Å². The van der Waals surface area contributed by atoms with Crippen LogP contribution in [-0.2, 0) is 6.54 Å². The molecule has 1 N–H and O–H groups in total. The first-order chi connectivity index (χ1) is 13.1. The minimum Gasteiger partial charge on any atom is -0.387 e. The quantitative estimate of drug-likeness (QED) is 0.602. The number of rotatable bonds is 8. The molecule has 0 saturated heterocycles. The Hall–Kier alpha value is -2.75. The molecule has 3 nitrogen and oxygen atoms in total. The minimum absolute atomic E-state index is 0.0618. The van der Waals surface area contributed by atoms with Crippen molar-refractivity contribution in [3.05, 3.63) is 108 Å². The van der Waals surface area contributed by atoms with Crippen molar-refractivity contribution in [2.75, 3.05) is 6.54 Å². The Labute approximate surface area is 160 Å². The molecular weight excluding hydrogens is 334 g/mol. The van der Waals surface area contributed by atoms with Crippen molar-refractivity contribution in [1.29, 1.82) is 0 Å². The fourth-order valence-corrected chi connectivity index (χ4v) is 3.19. The van der Waals surface area contributed by atoms with Crippen LogP contribution < -0.4 is 0 Å². The van der Waals surface area contributed by atoms with Crippen molar-refractivity contribution >= 4 is 5.78 Å². The maximum atomic E-state index is 13.0. The number of carbonyl (C=O) groups excluding carboxylic acids is 1. The number of hydrogen-bond donors (Lipinski definition) is 1. The number of hydrogen-bond acceptors (Lipinski definition) is 3. The van der Waals surface area contributed by atoms with Gasteiger partial charge in [-0.1, -0.05) is 91.0 Å². The van der Waals surface area contributed by atoms with E-state index in [9.17, 15) is 9.90 Å². The predicted molar refractivity (Wildman–Crippen MR) is 108 cm³/mol. The highest BCUT2D eigenvalue weighted by Crippen LogP contribution is 2.19. The number of benzene rings is 3. The van der Waals surface area contributed by atoms with E-state index in [1.165, 1.54) is 0 Å². The van der Waals surface area contributed by atoms with Crippen LogP contribution in [0.5, 0.6) is 0 Å². The molecule has 2 unspecified atom stereocenters. The summed E-state index contributed by atoms with van der Waals surface area (Å²) in [5.41, 5.74) is 2.66. The van der Waals surface area contributed by atoms with Gasteiger partial charge in [-0.05, 0) is 18.1 Å². The van der Waals surface area contributed by atoms with Crippen LogP contribution in [0, 0.1) is 0 Å². The molecule has 0 aliphatic rings. The number of nitrogens with zero attached hydrogens (tertiary/aromatic N) is 1. The van der Waals surface area contributed by atoms with Crippen molar-refractivity contribution in [2.45, 2.75) is 25.6 Å². The molecule has 0 saturated carbocycles. The van der Waals surface area contributed by atoms with E-state index < -0.39 is 6.10 Å². The van der Waals surface area contributed by atoms with Crippen LogP contribution in [0.3, 0.4) is 0 Å². The third-order valence-electron chi connectivity index (χ3n) is 4.81. The lowest BCUT2D eigenvalue weighted by atomic mass is 10.0. The lowest BCUT2D eigenvalue weighted by Crippen LogP contribution is -2.41. The van der Waals surface area contributed by atoms with Crippen LogP contribution in [0.1, 0.15) is 34.5 Å². The summed E-state index contributed by atoms with van der Waals surface area (Å²) in [6.07, 6.45) is -0.652. The summed E-state index contributed by atoms with van der Waals surface area (Å²) < 4.78 is 0. The number of aliphatic hydroxyl groups excluding tert-OH is 1. The molecule has 3 heteroatoms. The Morgan fingerprint density at radius 1 is 0.852 bits per heavy atom. The van der Waals surface area contributed by atoms with E-state index in [0.717, 1.165) is 11.1 Å². The second-order valence-corrected chi connectivity index (χ2v) is 6.75. The first-order valence-corrected chi connectivity index (χ1v) is 9.25. The van der Waals surface area contributed by atoms with Gasteiger partial charge in [0, 0.05) is 18.7 Å².